The number of nitrogens with one attached hydrogen (secondary N) is 3. The van der Waals surface area contributed by atoms with E-state index in [1.165, 1.54) is 12.0 Å². The molecule has 8 heteroatoms. The van der Waals surface area contributed by atoms with Crippen LogP contribution in [0.5, 0.6) is 0 Å². The van der Waals surface area contributed by atoms with Crippen molar-refractivity contribution in [3.8, 4) is 0 Å². The van der Waals surface area contributed by atoms with Crippen LogP contribution >= 0.6 is 0 Å². The Labute approximate surface area is 84.9 Å². The lowest BCUT2D eigenvalue weighted by Gasteiger charge is -2.19. The van der Waals surface area contributed by atoms with Gasteiger partial charge in [-0.2, -0.15) is 0 Å². The Bertz CT molecular complexity index is 331. The Morgan fingerprint density at radius 2 is 2.13 bits per heavy atom. The number of urea groups is 2. The number of hydrogen-bond donors (Lipinski definition) is 3. The number of methoxy groups -OCH3 is 1. The maximum absolute atomic E-state index is 11.4. The molecule has 2 saturated heterocycles. The highest BCUT2D eigenvalue weighted by atomic mass is 16.5. The minimum Gasteiger partial charge on any atom is -0.468 e. The summed E-state index contributed by atoms with van der Waals surface area (Å²) >= 11 is 0. The van der Waals surface area contributed by atoms with E-state index in [0.29, 0.717) is 0 Å². The van der Waals surface area contributed by atoms with Crippen molar-refractivity contribution in [1.29, 1.82) is 0 Å². The minimum atomic E-state index is -0.538. The van der Waals surface area contributed by atoms with Crippen molar-refractivity contribution < 1.29 is 19.1 Å². The van der Waals surface area contributed by atoms with Gasteiger partial charge in [0.15, 0.2) is 0 Å². The van der Waals surface area contributed by atoms with Crippen LogP contribution < -0.4 is 16.0 Å². The number of carbonyl (C=O) groups excluding carboxylic acids is 3. The lowest BCUT2D eigenvalue weighted by Crippen LogP contribution is -2.46. The molecule has 0 aliphatic carbocycles. The highest BCUT2D eigenvalue weighted by Crippen LogP contribution is 2.13. The molecular weight excluding hydrogens is 204 g/mol. The first-order chi connectivity index (χ1) is 7.11. The van der Waals surface area contributed by atoms with Gasteiger partial charge in [-0.05, 0) is 0 Å². The van der Waals surface area contributed by atoms with Gasteiger partial charge in [0.05, 0.1) is 7.11 Å². The predicted molar refractivity (Wildman–Crippen MR) is 46.5 cm³/mol. The molecule has 0 aromatic carbocycles. The van der Waals surface area contributed by atoms with E-state index in [2.05, 4.69) is 20.7 Å². The lowest BCUT2D eigenvalue weighted by molar-refractivity contribution is -0.141. The second-order valence-corrected chi connectivity index (χ2v) is 3.19. The van der Waals surface area contributed by atoms with Gasteiger partial charge in [-0.1, -0.05) is 0 Å². The topological polar surface area (TPSA) is 99.8 Å². The third kappa shape index (κ3) is 1.53. The van der Waals surface area contributed by atoms with E-state index >= 15 is 0 Å². The van der Waals surface area contributed by atoms with Gasteiger partial charge < -0.3 is 20.7 Å². The van der Waals surface area contributed by atoms with Gasteiger partial charge in [-0.15, -0.1) is 0 Å². The fourth-order valence-corrected chi connectivity index (χ4v) is 1.57. The molecule has 2 rings (SSSR count). The molecule has 82 valence electrons. The summed E-state index contributed by atoms with van der Waals surface area (Å²) in [6.45, 7) is -0.189. The molecule has 2 fully saturated rings. The minimum absolute atomic E-state index is 0.189. The highest BCUT2D eigenvalue weighted by Gasteiger charge is 2.46. The molecule has 2 heterocycles. The zero-order valence-electron chi connectivity index (χ0n) is 7.94. The lowest BCUT2D eigenvalue weighted by atomic mass is 10.4. The second kappa shape index (κ2) is 3.30. The van der Waals surface area contributed by atoms with Gasteiger partial charge in [0, 0.05) is 0 Å². The summed E-state index contributed by atoms with van der Waals surface area (Å²) in [5.74, 6) is -0.535. The monoisotopic (exact) mass is 214 g/mol. The van der Waals surface area contributed by atoms with Crippen LogP contribution in [0.1, 0.15) is 0 Å². The van der Waals surface area contributed by atoms with E-state index in [1.54, 1.807) is 0 Å². The van der Waals surface area contributed by atoms with Gasteiger partial charge in [0.25, 0.3) is 0 Å². The number of amides is 4. The molecule has 0 spiro atoms. The van der Waals surface area contributed by atoms with Gasteiger partial charge >= 0.3 is 18.0 Å². The number of nitrogens with zero attached hydrogens (tertiary/aromatic N) is 1. The average molecular weight is 214 g/mol. The van der Waals surface area contributed by atoms with E-state index in [9.17, 15) is 14.4 Å². The third-order valence-electron chi connectivity index (χ3n) is 2.28. The van der Waals surface area contributed by atoms with Crippen LogP contribution in [0, 0.1) is 0 Å². The number of rotatable bonds is 2. The smallest absolute Gasteiger partial charge is 0.325 e. The van der Waals surface area contributed by atoms with Crippen molar-refractivity contribution in [3.05, 3.63) is 0 Å². The molecule has 0 radical (unpaired) electrons. The van der Waals surface area contributed by atoms with Crippen molar-refractivity contribution in [1.82, 2.24) is 20.9 Å². The highest BCUT2D eigenvalue weighted by molar-refractivity contribution is 5.87. The number of ether oxygens (including phenoxy) is 1. The molecule has 3 N–H and O–H groups in total. The molecule has 2 aliphatic rings. The maximum atomic E-state index is 11.4. The molecule has 0 bridgehead atoms. The van der Waals surface area contributed by atoms with E-state index in [4.69, 9.17) is 0 Å². The van der Waals surface area contributed by atoms with Gasteiger partial charge in [-0.3, -0.25) is 9.69 Å². The van der Waals surface area contributed by atoms with Gasteiger partial charge in [0.1, 0.15) is 18.9 Å². The van der Waals surface area contributed by atoms with E-state index in [-0.39, 0.29) is 12.6 Å². The van der Waals surface area contributed by atoms with Crippen molar-refractivity contribution in [2.75, 3.05) is 13.7 Å². The maximum Gasteiger partial charge on any atom is 0.325 e. The van der Waals surface area contributed by atoms with Crippen molar-refractivity contribution in [2.45, 2.75) is 12.3 Å². The van der Waals surface area contributed by atoms with E-state index in [0.717, 1.165) is 0 Å². The zero-order valence-corrected chi connectivity index (χ0v) is 7.94. The van der Waals surface area contributed by atoms with Gasteiger partial charge in [-0.25, -0.2) is 9.59 Å². The van der Waals surface area contributed by atoms with Crippen LogP contribution in [0.2, 0.25) is 0 Å². The quantitative estimate of drug-likeness (QED) is 0.470. The summed E-state index contributed by atoms with van der Waals surface area (Å²) < 4.78 is 4.44. The van der Waals surface area contributed by atoms with Crippen LogP contribution in [0.3, 0.4) is 0 Å². The molecule has 0 unspecified atom stereocenters. The number of carbonyl (C=O) groups is 3. The molecule has 0 aromatic rings. The van der Waals surface area contributed by atoms with Crippen LogP contribution in [-0.2, 0) is 9.53 Å². The Morgan fingerprint density at radius 1 is 1.40 bits per heavy atom. The van der Waals surface area contributed by atoms with Crippen LogP contribution in [0.15, 0.2) is 0 Å². The van der Waals surface area contributed by atoms with Crippen LogP contribution in [0.4, 0.5) is 9.59 Å². The molecule has 4 amide bonds. The Kier molecular flexibility index (Phi) is 2.10. The number of esters is 1. The summed E-state index contributed by atoms with van der Waals surface area (Å²) in [6.07, 6.45) is -1.03. The average Bonchev–Trinajstić information content (AvgIpc) is 2.65. The predicted octanol–water partition coefficient (Wildman–Crippen LogP) is -1.85. The first-order valence-electron chi connectivity index (χ1n) is 4.33. The molecule has 2 atom stereocenters. The zero-order chi connectivity index (χ0) is 11.0. The summed E-state index contributed by atoms with van der Waals surface area (Å²) in [4.78, 5) is 34.5. The van der Waals surface area contributed by atoms with Crippen LogP contribution in [0.25, 0.3) is 0 Å². The Balaban J connectivity index is 2.07. The molecule has 2 aliphatic heterocycles. The molecular formula is C7H10N4O4. The fourth-order valence-electron chi connectivity index (χ4n) is 1.57. The Hall–Kier alpha value is -1.99. The number of hydrogen-bond acceptors (Lipinski definition) is 4. The second-order valence-electron chi connectivity index (χ2n) is 3.19. The first-order valence-corrected chi connectivity index (χ1v) is 4.33. The normalized spacial score (nSPS) is 27.9. The third-order valence-corrected chi connectivity index (χ3v) is 2.28. The van der Waals surface area contributed by atoms with Crippen molar-refractivity contribution >= 4 is 18.0 Å². The molecule has 0 saturated carbocycles. The van der Waals surface area contributed by atoms with E-state index in [1.807, 2.05) is 0 Å². The van der Waals surface area contributed by atoms with Crippen molar-refractivity contribution in [3.63, 3.8) is 0 Å². The number of fused-ring (bicyclic) bond motifs is 1. The van der Waals surface area contributed by atoms with Crippen molar-refractivity contribution in [2.24, 2.45) is 0 Å². The first kappa shape index (κ1) is 9.56. The summed E-state index contributed by atoms with van der Waals surface area (Å²) in [6, 6.07) is -0.789. The standard InChI is InChI=1S/C7H10N4O4/c1-15-3(12)2-11-5-4(9-7(11)14)8-6(13)10-5/h4-5H,2H2,1H3,(H,9,14)(H2,8,10,13)/t4-,5-/m0/s1. The van der Waals surface area contributed by atoms with Gasteiger partial charge in [0.2, 0.25) is 0 Å². The fraction of sp³-hybridized carbons (Fsp3) is 0.571. The molecule has 15 heavy (non-hydrogen) atoms. The summed E-state index contributed by atoms with van der Waals surface area (Å²) in [5, 5.41) is 7.51. The largest absolute Gasteiger partial charge is 0.468 e. The summed E-state index contributed by atoms with van der Waals surface area (Å²) in [5.41, 5.74) is 0. The molecule has 8 nitrogen and oxygen atoms in total. The molecule has 0 aromatic heterocycles. The Morgan fingerprint density at radius 3 is 2.80 bits per heavy atom. The van der Waals surface area contributed by atoms with Crippen LogP contribution in [-0.4, -0.2) is 48.9 Å². The SMILES string of the molecule is COC(=O)CN1C(=O)N[C@@H]2NC(=O)N[C@H]21. The van der Waals surface area contributed by atoms with E-state index < -0.39 is 24.3 Å². The summed E-state index contributed by atoms with van der Waals surface area (Å²) in [7, 11) is 1.24.